The predicted molar refractivity (Wildman–Crippen MR) is 86.4 cm³/mol. The second kappa shape index (κ2) is 7.01. The lowest BCUT2D eigenvalue weighted by atomic mass is 9.78. The van der Waals surface area contributed by atoms with Crippen LogP contribution < -0.4 is 10.1 Å². The summed E-state index contributed by atoms with van der Waals surface area (Å²) in [6.07, 6.45) is 5.56. The number of nitrogens with one attached hydrogen (secondary N) is 1. The molecular weight excluding hydrogens is 246 g/mol. The number of para-hydroxylation sites is 2. The molecule has 2 rings (SSSR count). The van der Waals surface area contributed by atoms with E-state index in [0.29, 0.717) is 6.04 Å². The lowest BCUT2D eigenvalue weighted by molar-refractivity contribution is 0.238. The number of ether oxygens (including phenoxy) is 1. The maximum atomic E-state index is 5.92. The van der Waals surface area contributed by atoms with E-state index in [1.54, 1.807) is 0 Å². The molecule has 0 saturated heterocycles. The van der Waals surface area contributed by atoms with Crippen LogP contribution in [0.4, 0.5) is 5.69 Å². The van der Waals surface area contributed by atoms with Gasteiger partial charge in [-0.25, -0.2) is 0 Å². The summed E-state index contributed by atoms with van der Waals surface area (Å²) < 4.78 is 5.92. The molecule has 1 fully saturated rings. The van der Waals surface area contributed by atoms with Gasteiger partial charge in [-0.05, 0) is 50.7 Å². The third-order valence-corrected chi connectivity index (χ3v) is 4.27. The van der Waals surface area contributed by atoms with Crippen LogP contribution in [0, 0.1) is 11.8 Å². The first-order chi connectivity index (χ1) is 9.58. The molecule has 1 aliphatic rings. The fourth-order valence-electron chi connectivity index (χ4n) is 3.28. The Morgan fingerprint density at radius 1 is 1.05 bits per heavy atom. The van der Waals surface area contributed by atoms with Crippen molar-refractivity contribution in [3.05, 3.63) is 24.3 Å². The minimum absolute atomic E-state index is 0.213. The Balaban J connectivity index is 2.11. The number of benzene rings is 1. The number of anilines is 1. The quantitative estimate of drug-likeness (QED) is 0.807. The Morgan fingerprint density at radius 3 is 2.45 bits per heavy atom. The summed E-state index contributed by atoms with van der Waals surface area (Å²) in [6.45, 7) is 8.85. The van der Waals surface area contributed by atoms with Crippen LogP contribution in [-0.4, -0.2) is 12.1 Å². The Kier molecular flexibility index (Phi) is 5.33. The second-order valence-electron chi connectivity index (χ2n) is 6.61. The highest BCUT2D eigenvalue weighted by Crippen LogP contribution is 2.34. The first-order valence-corrected chi connectivity index (χ1v) is 8.10. The van der Waals surface area contributed by atoms with Crippen molar-refractivity contribution in [2.24, 2.45) is 11.8 Å². The van der Waals surface area contributed by atoms with Crippen LogP contribution in [0.3, 0.4) is 0 Å². The van der Waals surface area contributed by atoms with E-state index in [-0.39, 0.29) is 6.10 Å². The van der Waals surface area contributed by atoms with Crippen LogP contribution in [-0.2, 0) is 0 Å². The lowest BCUT2D eigenvalue weighted by Gasteiger charge is -2.36. The van der Waals surface area contributed by atoms with Gasteiger partial charge in [0.15, 0.2) is 0 Å². The maximum Gasteiger partial charge on any atom is 0.142 e. The smallest absolute Gasteiger partial charge is 0.142 e. The van der Waals surface area contributed by atoms with Crippen molar-refractivity contribution in [1.29, 1.82) is 0 Å². The summed E-state index contributed by atoms with van der Waals surface area (Å²) in [4.78, 5) is 0. The largest absolute Gasteiger partial charge is 0.489 e. The molecule has 2 unspecified atom stereocenters. The molecule has 1 aromatic rings. The molecule has 0 heterocycles. The summed E-state index contributed by atoms with van der Waals surface area (Å²) in [7, 11) is 0. The van der Waals surface area contributed by atoms with Gasteiger partial charge < -0.3 is 10.1 Å². The van der Waals surface area contributed by atoms with Gasteiger partial charge >= 0.3 is 0 Å². The third-order valence-electron chi connectivity index (χ3n) is 4.27. The normalized spacial score (nSPS) is 23.1. The van der Waals surface area contributed by atoms with Crippen LogP contribution in [0.15, 0.2) is 24.3 Å². The molecule has 2 atom stereocenters. The monoisotopic (exact) mass is 275 g/mol. The van der Waals surface area contributed by atoms with E-state index in [1.807, 2.05) is 6.07 Å². The molecule has 0 bridgehead atoms. The van der Waals surface area contributed by atoms with Gasteiger partial charge in [-0.2, -0.15) is 0 Å². The van der Waals surface area contributed by atoms with E-state index in [2.05, 4.69) is 51.2 Å². The molecule has 0 amide bonds. The van der Waals surface area contributed by atoms with Gasteiger partial charge in [0.25, 0.3) is 0 Å². The maximum absolute atomic E-state index is 5.92. The van der Waals surface area contributed by atoms with Crippen LogP contribution in [0.5, 0.6) is 5.75 Å². The number of hydrogen-bond donors (Lipinski definition) is 1. The topological polar surface area (TPSA) is 21.3 Å². The van der Waals surface area contributed by atoms with Crippen LogP contribution in [0.1, 0.15) is 53.4 Å². The van der Waals surface area contributed by atoms with Crippen molar-refractivity contribution < 1.29 is 4.74 Å². The van der Waals surface area contributed by atoms with Crippen LogP contribution in [0.25, 0.3) is 0 Å². The molecule has 2 nitrogen and oxygen atoms in total. The molecule has 1 saturated carbocycles. The van der Waals surface area contributed by atoms with E-state index >= 15 is 0 Å². The number of rotatable bonds is 5. The first kappa shape index (κ1) is 15.2. The van der Waals surface area contributed by atoms with Gasteiger partial charge in [-0.1, -0.05) is 38.8 Å². The molecule has 1 aromatic carbocycles. The van der Waals surface area contributed by atoms with Gasteiger partial charge in [0, 0.05) is 6.04 Å². The fraction of sp³-hybridized carbons (Fsp3) is 0.667. The van der Waals surface area contributed by atoms with E-state index in [4.69, 9.17) is 4.74 Å². The summed E-state index contributed by atoms with van der Waals surface area (Å²) in [5.74, 6) is 2.50. The van der Waals surface area contributed by atoms with Crippen molar-refractivity contribution in [2.45, 2.75) is 65.5 Å². The zero-order valence-corrected chi connectivity index (χ0v) is 13.4. The van der Waals surface area contributed by atoms with E-state index < -0.39 is 0 Å². The van der Waals surface area contributed by atoms with Crippen molar-refractivity contribution >= 4 is 5.69 Å². The van der Waals surface area contributed by atoms with E-state index in [0.717, 1.165) is 23.3 Å². The Morgan fingerprint density at radius 2 is 1.75 bits per heavy atom. The molecule has 20 heavy (non-hydrogen) atoms. The molecular formula is C18H29NO. The third kappa shape index (κ3) is 3.91. The average molecular weight is 275 g/mol. The Labute approximate surface area is 123 Å². The lowest BCUT2D eigenvalue weighted by Crippen LogP contribution is -2.35. The van der Waals surface area contributed by atoms with Crippen LogP contribution >= 0.6 is 0 Å². The minimum atomic E-state index is 0.213. The van der Waals surface area contributed by atoms with Gasteiger partial charge in [0.1, 0.15) is 5.75 Å². The van der Waals surface area contributed by atoms with Gasteiger partial charge in [0.2, 0.25) is 0 Å². The minimum Gasteiger partial charge on any atom is -0.489 e. The zero-order chi connectivity index (χ0) is 14.5. The predicted octanol–water partition coefficient (Wildman–Crippen LogP) is 5.10. The van der Waals surface area contributed by atoms with Crippen molar-refractivity contribution in [1.82, 2.24) is 0 Å². The first-order valence-electron chi connectivity index (χ1n) is 8.10. The second-order valence-corrected chi connectivity index (χ2v) is 6.61. The van der Waals surface area contributed by atoms with Crippen molar-refractivity contribution in [2.75, 3.05) is 5.32 Å². The standard InChI is InChI=1S/C18H29NO/c1-13(2)15-9-5-6-10-16(15)19-17-11-7-8-12-18(17)20-14(3)4/h7-8,11-16,19H,5-6,9-10H2,1-4H3. The summed E-state index contributed by atoms with van der Waals surface area (Å²) >= 11 is 0. The molecule has 1 N–H and O–H groups in total. The van der Waals surface area contributed by atoms with Gasteiger partial charge in [-0.15, -0.1) is 0 Å². The molecule has 0 radical (unpaired) electrons. The van der Waals surface area contributed by atoms with Crippen LogP contribution in [0.2, 0.25) is 0 Å². The summed E-state index contributed by atoms with van der Waals surface area (Å²) in [6, 6.07) is 8.92. The summed E-state index contributed by atoms with van der Waals surface area (Å²) in [5.41, 5.74) is 1.15. The molecule has 2 heteroatoms. The zero-order valence-electron chi connectivity index (χ0n) is 13.4. The molecule has 0 aliphatic heterocycles. The van der Waals surface area contributed by atoms with E-state index in [9.17, 15) is 0 Å². The molecule has 1 aliphatic carbocycles. The SMILES string of the molecule is CC(C)Oc1ccccc1NC1CCCCC1C(C)C. The highest BCUT2D eigenvalue weighted by Gasteiger charge is 2.27. The summed E-state index contributed by atoms with van der Waals surface area (Å²) in [5, 5.41) is 3.76. The highest BCUT2D eigenvalue weighted by molar-refractivity contribution is 5.57. The number of hydrogen-bond acceptors (Lipinski definition) is 2. The molecule has 0 aromatic heterocycles. The fourth-order valence-corrected chi connectivity index (χ4v) is 3.28. The average Bonchev–Trinajstić information content (AvgIpc) is 2.41. The van der Waals surface area contributed by atoms with Crippen molar-refractivity contribution in [3.63, 3.8) is 0 Å². The molecule has 112 valence electrons. The highest BCUT2D eigenvalue weighted by atomic mass is 16.5. The van der Waals surface area contributed by atoms with Crippen molar-refractivity contribution in [3.8, 4) is 5.75 Å². The Hall–Kier alpha value is -1.18. The van der Waals surface area contributed by atoms with Gasteiger partial charge in [-0.3, -0.25) is 0 Å². The Bertz CT molecular complexity index is 414. The van der Waals surface area contributed by atoms with E-state index in [1.165, 1.54) is 25.7 Å². The van der Waals surface area contributed by atoms with Gasteiger partial charge in [0.05, 0.1) is 11.8 Å². The molecule has 0 spiro atoms.